The lowest BCUT2D eigenvalue weighted by Gasteiger charge is -2.40. The standard InChI is InChI=1S/C61H40N2/c1-3-17-41(18-4-1)43-33-35-44(36-34-43)48-23-8-12-30-57(48)62(46-22-15-21-45(39-46)42-19-5-2-6-20-42)47-37-38-50-49-24-7-10-27-53(49)61(56(50)40-47)54-28-11-14-32-59(54)63-58-31-13-9-25-51(58)52-26-16-29-55(61)60(52)63/h1-40H. The Hall–Kier alpha value is -8.20. The molecule has 0 radical (unpaired) electrons. The van der Waals surface area contributed by atoms with Crippen LogP contribution in [-0.4, -0.2) is 4.57 Å². The van der Waals surface area contributed by atoms with Crippen molar-refractivity contribution >= 4 is 38.9 Å². The summed E-state index contributed by atoms with van der Waals surface area (Å²) in [6.45, 7) is 0. The van der Waals surface area contributed by atoms with E-state index in [2.05, 4.69) is 252 Å². The first-order valence-corrected chi connectivity index (χ1v) is 21.8. The summed E-state index contributed by atoms with van der Waals surface area (Å²) in [6, 6.07) is 89.6. The molecule has 0 saturated heterocycles. The fraction of sp³-hybridized carbons (Fsp3) is 0.0164. The monoisotopic (exact) mass is 800 g/mol. The Morgan fingerprint density at radius 2 is 0.873 bits per heavy atom. The van der Waals surface area contributed by atoms with Gasteiger partial charge in [0.2, 0.25) is 0 Å². The minimum atomic E-state index is -0.563. The van der Waals surface area contributed by atoms with E-state index in [1.165, 1.54) is 88.7 Å². The van der Waals surface area contributed by atoms with Crippen LogP contribution in [0.25, 0.3) is 72.0 Å². The van der Waals surface area contributed by atoms with Crippen molar-refractivity contribution < 1.29 is 0 Å². The first-order chi connectivity index (χ1) is 31.3. The Bertz CT molecular complexity index is 3560. The van der Waals surface area contributed by atoms with Gasteiger partial charge in [-0.3, -0.25) is 0 Å². The van der Waals surface area contributed by atoms with Gasteiger partial charge in [-0.25, -0.2) is 0 Å². The number of para-hydroxylation sites is 4. The van der Waals surface area contributed by atoms with Gasteiger partial charge in [-0.15, -0.1) is 0 Å². The molecule has 63 heavy (non-hydrogen) atoms. The van der Waals surface area contributed by atoms with Crippen LogP contribution in [0, 0.1) is 0 Å². The van der Waals surface area contributed by atoms with Crippen LogP contribution in [0.3, 0.4) is 0 Å². The number of hydrogen-bond donors (Lipinski definition) is 0. The molecule has 2 nitrogen and oxygen atoms in total. The molecule has 1 spiro atoms. The van der Waals surface area contributed by atoms with Crippen LogP contribution >= 0.6 is 0 Å². The number of rotatable bonds is 6. The lowest BCUT2D eigenvalue weighted by atomic mass is 9.65. The van der Waals surface area contributed by atoms with Gasteiger partial charge in [0.25, 0.3) is 0 Å². The summed E-state index contributed by atoms with van der Waals surface area (Å²) in [5.74, 6) is 0. The molecular weight excluding hydrogens is 761 g/mol. The second-order valence-corrected chi connectivity index (χ2v) is 16.8. The van der Waals surface area contributed by atoms with Crippen molar-refractivity contribution in [3.63, 3.8) is 0 Å². The minimum Gasteiger partial charge on any atom is -0.310 e. The van der Waals surface area contributed by atoms with Crippen LogP contribution in [0.5, 0.6) is 0 Å². The zero-order valence-electron chi connectivity index (χ0n) is 34.5. The van der Waals surface area contributed by atoms with E-state index in [1.54, 1.807) is 0 Å². The highest BCUT2D eigenvalue weighted by atomic mass is 15.1. The van der Waals surface area contributed by atoms with Gasteiger partial charge >= 0.3 is 0 Å². The highest BCUT2D eigenvalue weighted by Crippen LogP contribution is 2.62. The normalized spacial score (nSPS) is 14.4. The van der Waals surface area contributed by atoms with Crippen LogP contribution in [0.2, 0.25) is 0 Å². The van der Waals surface area contributed by atoms with Crippen molar-refractivity contribution in [2.75, 3.05) is 4.90 Å². The van der Waals surface area contributed by atoms with Crippen molar-refractivity contribution in [3.8, 4) is 50.2 Å². The summed E-state index contributed by atoms with van der Waals surface area (Å²) in [7, 11) is 0. The molecule has 10 aromatic carbocycles. The number of nitrogens with zero attached hydrogens (tertiary/aromatic N) is 2. The third-order valence-corrected chi connectivity index (χ3v) is 13.6. The van der Waals surface area contributed by atoms with Crippen LogP contribution in [-0.2, 0) is 5.41 Å². The van der Waals surface area contributed by atoms with E-state index in [-0.39, 0.29) is 0 Å². The first kappa shape index (κ1) is 35.5. The molecular formula is C61H40N2. The predicted octanol–water partition coefficient (Wildman–Crippen LogP) is 15.9. The first-order valence-electron chi connectivity index (χ1n) is 21.8. The quantitative estimate of drug-likeness (QED) is 0.163. The Labute approximate surface area is 367 Å². The minimum absolute atomic E-state index is 0.563. The average molecular weight is 801 g/mol. The van der Waals surface area contributed by atoms with Crippen LogP contribution in [0.15, 0.2) is 243 Å². The van der Waals surface area contributed by atoms with E-state index in [0.29, 0.717) is 0 Å². The average Bonchev–Trinajstić information content (AvgIpc) is 3.85. The van der Waals surface area contributed by atoms with E-state index >= 15 is 0 Å². The summed E-state index contributed by atoms with van der Waals surface area (Å²) in [5.41, 5.74) is 21.4. The highest BCUT2D eigenvalue weighted by molar-refractivity contribution is 6.13. The van der Waals surface area contributed by atoms with Crippen molar-refractivity contribution in [2.45, 2.75) is 5.41 Å². The largest absolute Gasteiger partial charge is 0.310 e. The molecule has 0 bridgehead atoms. The van der Waals surface area contributed by atoms with Gasteiger partial charge in [0.15, 0.2) is 0 Å². The SMILES string of the molecule is c1ccc(-c2ccc(-c3ccccc3N(c3cccc(-c4ccccc4)c3)c3ccc4c(c3)C3(c5ccccc5-4)c4ccccc4-n4c5ccccc5c5cccc3c54)cc2)cc1. The highest BCUT2D eigenvalue weighted by Gasteiger charge is 2.51. The van der Waals surface area contributed by atoms with Crippen LogP contribution < -0.4 is 4.90 Å². The summed E-state index contributed by atoms with van der Waals surface area (Å²) in [6.07, 6.45) is 0. The Morgan fingerprint density at radius 3 is 1.70 bits per heavy atom. The molecule has 0 fully saturated rings. The van der Waals surface area contributed by atoms with Crippen molar-refractivity contribution in [2.24, 2.45) is 0 Å². The van der Waals surface area contributed by atoms with Crippen LogP contribution in [0.1, 0.15) is 22.3 Å². The van der Waals surface area contributed by atoms with Gasteiger partial charge in [0.1, 0.15) is 0 Å². The van der Waals surface area contributed by atoms with E-state index in [9.17, 15) is 0 Å². The molecule has 13 rings (SSSR count). The molecule has 1 aromatic heterocycles. The molecule has 11 aromatic rings. The molecule has 1 aliphatic carbocycles. The summed E-state index contributed by atoms with van der Waals surface area (Å²) >= 11 is 0. The summed E-state index contributed by atoms with van der Waals surface area (Å²) in [4.78, 5) is 2.48. The maximum Gasteiger partial charge on any atom is 0.0755 e. The molecule has 294 valence electrons. The fourth-order valence-electron chi connectivity index (χ4n) is 11.0. The van der Waals surface area contributed by atoms with Crippen LogP contribution in [0.4, 0.5) is 17.1 Å². The predicted molar refractivity (Wildman–Crippen MR) is 263 cm³/mol. The Morgan fingerprint density at radius 1 is 0.317 bits per heavy atom. The van der Waals surface area contributed by atoms with E-state index in [4.69, 9.17) is 0 Å². The molecule has 0 N–H and O–H groups in total. The smallest absolute Gasteiger partial charge is 0.0755 e. The molecule has 2 heterocycles. The number of hydrogen-bond acceptors (Lipinski definition) is 1. The van der Waals surface area contributed by atoms with Crippen molar-refractivity contribution in [1.82, 2.24) is 4.57 Å². The van der Waals surface area contributed by atoms with Crippen molar-refractivity contribution in [1.29, 1.82) is 0 Å². The molecule has 0 saturated carbocycles. The topological polar surface area (TPSA) is 8.17 Å². The zero-order valence-corrected chi connectivity index (χ0v) is 34.5. The maximum atomic E-state index is 2.52. The zero-order chi connectivity index (χ0) is 41.5. The van der Waals surface area contributed by atoms with Crippen molar-refractivity contribution in [3.05, 3.63) is 265 Å². The van der Waals surface area contributed by atoms with E-state index in [0.717, 1.165) is 22.6 Å². The van der Waals surface area contributed by atoms with Gasteiger partial charge in [0, 0.05) is 27.7 Å². The fourth-order valence-corrected chi connectivity index (χ4v) is 11.0. The summed E-state index contributed by atoms with van der Waals surface area (Å²) in [5, 5.41) is 2.56. The van der Waals surface area contributed by atoms with Gasteiger partial charge < -0.3 is 9.47 Å². The molecule has 1 aliphatic heterocycles. The molecule has 0 amide bonds. The molecule has 2 heteroatoms. The third kappa shape index (κ3) is 5.19. The second kappa shape index (κ2) is 13.9. The van der Waals surface area contributed by atoms with E-state index in [1.807, 2.05) is 0 Å². The Kier molecular flexibility index (Phi) is 7.85. The second-order valence-electron chi connectivity index (χ2n) is 16.8. The van der Waals surface area contributed by atoms with Gasteiger partial charge in [-0.2, -0.15) is 0 Å². The number of anilines is 3. The molecule has 1 atom stereocenters. The summed E-state index contributed by atoms with van der Waals surface area (Å²) < 4.78 is 2.52. The lowest BCUT2D eigenvalue weighted by Crippen LogP contribution is -2.33. The van der Waals surface area contributed by atoms with Gasteiger partial charge in [-0.1, -0.05) is 200 Å². The van der Waals surface area contributed by atoms with Gasteiger partial charge in [-0.05, 0) is 104 Å². The Balaban J connectivity index is 1.08. The third-order valence-electron chi connectivity index (χ3n) is 13.6. The maximum absolute atomic E-state index is 2.52. The van der Waals surface area contributed by atoms with E-state index < -0.39 is 5.41 Å². The van der Waals surface area contributed by atoms with Gasteiger partial charge in [0.05, 0.1) is 27.8 Å². The molecule has 1 unspecified atom stereocenters. The number of benzene rings is 10. The lowest BCUT2D eigenvalue weighted by molar-refractivity contribution is 0.748. The number of aromatic nitrogens is 1. The molecule has 2 aliphatic rings. The number of fused-ring (bicyclic) bond motifs is 12.